The van der Waals surface area contributed by atoms with E-state index in [0.29, 0.717) is 6.61 Å². The molecule has 0 spiro atoms. The zero-order valence-corrected chi connectivity index (χ0v) is 10.7. The molecule has 4 heteroatoms. The molecule has 2 unspecified atom stereocenters. The lowest BCUT2D eigenvalue weighted by atomic mass is 9.88. The number of nitrogens with zero attached hydrogens (tertiary/aromatic N) is 1. The van der Waals surface area contributed by atoms with Crippen LogP contribution in [0.2, 0.25) is 0 Å². The van der Waals surface area contributed by atoms with Crippen LogP contribution in [0.3, 0.4) is 0 Å². The predicted octanol–water partition coefficient (Wildman–Crippen LogP) is 1.39. The minimum atomic E-state index is -0.458. The quantitative estimate of drug-likeness (QED) is 0.715. The average Bonchev–Trinajstić information content (AvgIpc) is 2.67. The van der Waals surface area contributed by atoms with Gasteiger partial charge in [0.15, 0.2) is 0 Å². The van der Waals surface area contributed by atoms with E-state index in [1.165, 1.54) is 0 Å². The maximum atomic E-state index is 12.4. The van der Waals surface area contributed by atoms with Crippen LogP contribution in [0, 0.1) is 5.92 Å². The van der Waals surface area contributed by atoms with Gasteiger partial charge < -0.3 is 14.4 Å². The number of carbonyl (C=O) groups excluding carboxylic acids is 1. The fraction of sp³-hybridized carbons (Fsp3) is 0.917. The van der Waals surface area contributed by atoms with Gasteiger partial charge in [-0.15, -0.1) is 0 Å². The van der Waals surface area contributed by atoms with Crippen molar-refractivity contribution in [3.63, 3.8) is 0 Å². The fourth-order valence-electron chi connectivity index (χ4n) is 2.77. The second-order valence-electron chi connectivity index (χ2n) is 5.72. The standard InChI is InChI=1S/C12H21NO3/c1-11(2,15-5)9-6-8-7-16-12(3,4)13(8)10(9)14/h8-9H,6-7H2,1-5H3. The smallest absolute Gasteiger partial charge is 0.231 e. The first-order valence-electron chi connectivity index (χ1n) is 5.82. The second kappa shape index (κ2) is 3.44. The van der Waals surface area contributed by atoms with E-state index >= 15 is 0 Å². The summed E-state index contributed by atoms with van der Waals surface area (Å²) < 4.78 is 11.1. The molecule has 2 aliphatic rings. The van der Waals surface area contributed by atoms with Crippen molar-refractivity contribution in [1.82, 2.24) is 4.90 Å². The van der Waals surface area contributed by atoms with E-state index in [9.17, 15) is 4.79 Å². The summed E-state index contributed by atoms with van der Waals surface area (Å²) in [6, 6.07) is 0.224. The fourth-order valence-corrected chi connectivity index (χ4v) is 2.77. The van der Waals surface area contributed by atoms with Gasteiger partial charge in [0, 0.05) is 7.11 Å². The zero-order chi connectivity index (χ0) is 12.1. The normalized spacial score (nSPS) is 33.3. The van der Waals surface area contributed by atoms with E-state index in [1.54, 1.807) is 7.11 Å². The summed E-state index contributed by atoms with van der Waals surface area (Å²) in [6.07, 6.45) is 0.836. The van der Waals surface area contributed by atoms with Gasteiger partial charge >= 0.3 is 0 Å². The number of methoxy groups -OCH3 is 1. The summed E-state index contributed by atoms with van der Waals surface area (Å²) >= 11 is 0. The Morgan fingerprint density at radius 2 is 2.12 bits per heavy atom. The van der Waals surface area contributed by atoms with Gasteiger partial charge in [0.25, 0.3) is 0 Å². The molecule has 0 saturated carbocycles. The topological polar surface area (TPSA) is 38.8 Å². The second-order valence-corrected chi connectivity index (χ2v) is 5.72. The predicted molar refractivity (Wildman–Crippen MR) is 59.9 cm³/mol. The van der Waals surface area contributed by atoms with Crippen LogP contribution in [0.15, 0.2) is 0 Å². The van der Waals surface area contributed by atoms with Crippen LogP contribution in [0.4, 0.5) is 0 Å². The third-order valence-corrected chi connectivity index (χ3v) is 3.98. The number of ether oxygens (including phenoxy) is 2. The van der Waals surface area contributed by atoms with E-state index in [-0.39, 0.29) is 17.9 Å². The van der Waals surface area contributed by atoms with Crippen LogP contribution in [0.25, 0.3) is 0 Å². The SMILES string of the molecule is COC(C)(C)C1CC2COC(C)(C)N2C1=O. The van der Waals surface area contributed by atoms with E-state index in [2.05, 4.69) is 0 Å². The van der Waals surface area contributed by atoms with Crippen LogP contribution in [0.5, 0.6) is 0 Å². The number of hydrogen-bond acceptors (Lipinski definition) is 3. The van der Waals surface area contributed by atoms with Crippen molar-refractivity contribution in [2.45, 2.75) is 51.5 Å². The highest BCUT2D eigenvalue weighted by Gasteiger charge is 2.55. The molecule has 0 N–H and O–H groups in total. The van der Waals surface area contributed by atoms with Crippen LogP contribution >= 0.6 is 0 Å². The molecular formula is C12H21NO3. The molecule has 2 saturated heterocycles. The van der Waals surface area contributed by atoms with Crippen molar-refractivity contribution >= 4 is 5.91 Å². The lowest BCUT2D eigenvalue weighted by Crippen LogP contribution is -2.47. The molecule has 92 valence electrons. The van der Waals surface area contributed by atoms with E-state index < -0.39 is 11.3 Å². The van der Waals surface area contributed by atoms with Crippen molar-refractivity contribution < 1.29 is 14.3 Å². The summed E-state index contributed by atoms with van der Waals surface area (Å²) in [6.45, 7) is 8.51. The molecule has 4 nitrogen and oxygen atoms in total. The van der Waals surface area contributed by atoms with Crippen LogP contribution in [0.1, 0.15) is 34.1 Å². The summed E-state index contributed by atoms with van der Waals surface area (Å²) in [5.74, 6) is 0.116. The van der Waals surface area contributed by atoms with E-state index in [0.717, 1.165) is 6.42 Å². The largest absolute Gasteiger partial charge is 0.378 e. The minimum absolute atomic E-state index is 0.0503. The van der Waals surface area contributed by atoms with Crippen LogP contribution < -0.4 is 0 Å². The Bertz CT molecular complexity index is 311. The monoisotopic (exact) mass is 227 g/mol. The molecule has 2 aliphatic heterocycles. The van der Waals surface area contributed by atoms with Crippen LogP contribution in [-0.4, -0.2) is 41.9 Å². The lowest BCUT2D eigenvalue weighted by Gasteiger charge is -2.33. The van der Waals surface area contributed by atoms with Crippen LogP contribution in [-0.2, 0) is 14.3 Å². The first kappa shape index (κ1) is 11.9. The van der Waals surface area contributed by atoms with Gasteiger partial charge in [-0.25, -0.2) is 0 Å². The molecule has 2 rings (SSSR count). The Morgan fingerprint density at radius 1 is 1.50 bits per heavy atom. The molecule has 1 amide bonds. The van der Waals surface area contributed by atoms with Crippen molar-refractivity contribution in [2.24, 2.45) is 5.92 Å². The lowest BCUT2D eigenvalue weighted by molar-refractivity contribution is -0.152. The zero-order valence-electron chi connectivity index (χ0n) is 10.7. The number of fused-ring (bicyclic) bond motifs is 1. The molecule has 0 radical (unpaired) electrons. The van der Waals surface area contributed by atoms with Crippen molar-refractivity contribution in [3.05, 3.63) is 0 Å². The minimum Gasteiger partial charge on any atom is -0.378 e. The van der Waals surface area contributed by atoms with Gasteiger partial charge in [-0.2, -0.15) is 0 Å². The summed E-state index contributed by atoms with van der Waals surface area (Å²) in [7, 11) is 1.67. The molecular weight excluding hydrogens is 206 g/mol. The van der Waals surface area contributed by atoms with Gasteiger partial charge in [-0.05, 0) is 34.1 Å². The van der Waals surface area contributed by atoms with E-state index in [1.807, 2.05) is 32.6 Å². The highest BCUT2D eigenvalue weighted by molar-refractivity contribution is 5.83. The molecule has 2 fully saturated rings. The van der Waals surface area contributed by atoms with E-state index in [4.69, 9.17) is 9.47 Å². The Labute approximate surface area is 96.9 Å². The Hall–Kier alpha value is -0.610. The number of carbonyl (C=O) groups is 1. The molecule has 2 atom stereocenters. The molecule has 0 bridgehead atoms. The highest BCUT2D eigenvalue weighted by atomic mass is 16.5. The molecule has 0 aromatic heterocycles. The van der Waals surface area contributed by atoms with Crippen molar-refractivity contribution in [2.75, 3.05) is 13.7 Å². The van der Waals surface area contributed by atoms with Gasteiger partial charge in [0.1, 0.15) is 5.72 Å². The third-order valence-electron chi connectivity index (χ3n) is 3.98. The highest BCUT2D eigenvalue weighted by Crippen LogP contribution is 2.42. The van der Waals surface area contributed by atoms with Crippen molar-refractivity contribution in [3.8, 4) is 0 Å². The summed E-state index contributed by atoms with van der Waals surface area (Å²) in [5.41, 5.74) is -0.849. The molecule has 0 aromatic rings. The Balaban J connectivity index is 2.23. The van der Waals surface area contributed by atoms with Gasteiger partial charge in [-0.3, -0.25) is 4.79 Å². The first-order chi connectivity index (χ1) is 7.29. The number of rotatable bonds is 2. The third kappa shape index (κ3) is 1.55. The molecule has 0 aromatic carbocycles. The maximum absolute atomic E-state index is 12.4. The molecule has 0 aliphatic carbocycles. The summed E-state index contributed by atoms with van der Waals surface area (Å²) in [4.78, 5) is 14.3. The first-order valence-corrected chi connectivity index (χ1v) is 5.82. The summed E-state index contributed by atoms with van der Waals surface area (Å²) in [5, 5.41) is 0. The Kier molecular flexibility index (Phi) is 2.55. The average molecular weight is 227 g/mol. The van der Waals surface area contributed by atoms with Gasteiger partial charge in [0.05, 0.1) is 24.2 Å². The van der Waals surface area contributed by atoms with Gasteiger partial charge in [-0.1, -0.05) is 0 Å². The number of hydrogen-bond donors (Lipinski definition) is 0. The maximum Gasteiger partial charge on any atom is 0.231 e. The Morgan fingerprint density at radius 3 is 2.62 bits per heavy atom. The van der Waals surface area contributed by atoms with Crippen molar-refractivity contribution in [1.29, 1.82) is 0 Å². The van der Waals surface area contributed by atoms with Gasteiger partial charge in [0.2, 0.25) is 5.91 Å². The number of amides is 1. The molecule has 2 heterocycles. The molecule has 16 heavy (non-hydrogen) atoms.